The van der Waals surface area contributed by atoms with Crippen molar-refractivity contribution >= 4 is 18.2 Å². The van der Waals surface area contributed by atoms with E-state index in [0.29, 0.717) is 23.4 Å². The van der Waals surface area contributed by atoms with Crippen LogP contribution < -0.4 is 0 Å². The molecule has 3 heteroatoms. The summed E-state index contributed by atoms with van der Waals surface area (Å²) in [6.07, 6.45) is 2.26. The summed E-state index contributed by atoms with van der Waals surface area (Å²) < 4.78 is 0. The predicted octanol–water partition coefficient (Wildman–Crippen LogP) is 1.76. The molecule has 0 heterocycles. The summed E-state index contributed by atoms with van der Waals surface area (Å²) in [4.78, 5) is 17.9. The molecule has 0 rings (SSSR count). The molecule has 3 nitrogen and oxygen atoms in total. The van der Waals surface area contributed by atoms with E-state index in [1.54, 1.807) is 20.1 Å². The molecule has 0 aromatic rings. The van der Waals surface area contributed by atoms with Crippen LogP contribution in [0.2, 0.25) is 0 Å². The maximum absolute atomic E-state index is 10.2. The molecule has 0 N–H and O–H groups in total. The predicted molar refractivity (Wildman–Crippen MR) is 51.6 cm³/mol. The molecule has 0 aromatic heterocycles. The van der Waals surface area contributed by atoms with Crippen molar-refractivity contribution in [1.82, 2.24) is 0 Å². The first-order valence-corrected chi connectivity index (χ1v) is 3.49. The van der Waals surface area contributed by atoms with E-state index in [0.717, 1.165) is 0 Å². The molecule has 0 unspecified atom stereocenters. The van der Waals surface area contributed by atoms with Crippen LogP contribution in [-0.2, 0) is 4.79 Å². The highest BCUT2D eigenvalue weighted by molar-refractivity contribution is 6.27. The number of rotatable bonds is 4. The third kappa shape index (κ3) is 3.61. The second kappa shape index (κ2) is 5.18. The molecule has 0 bridgehead atoms. The highest BCUT2D eigenvalue weighted by Crippen LogP contribution is 2.07. The van der Waals surface area contributed by atoms with Crippen molar-refractivity contribution in [2.24, 2.45) is 9.98 Å². The van der Waals surface area contributed by atoms with E-state index in [-0.39, 0.29) is 0 Å². The fraction of sp³-hybridized carbons (Fsp3) is 0.222. The molecule has 12 heavy (non-hydrogen) atoms. The fourth-order valence-electron chi connectivity index (χ4n) is 0.534. The summed E-state index contributed by atoms with van der Waals surface area (Å²) in [5.74, 6) is 0. The van der Waals surface area contributed by atoms with Crippen LogP contribution >= 0.6 is 0 Å². The van der Waals surface area contributed by atoms with Crippen LogP contribution in [-0.4, -0.2) is 18.2 Å². The number of carbonyl (C=O) groups is 1. The van der Waals surface area contributed by atoms with Crippen molar-refractivity contribution in [2.45, 2.75) is 13.8 Å². The summed E-state index contributed by atoms with van der Waals surface area (Å²) in [5.41, 5.74) is 1.25. The minimum Gasteiger partial charge on any atom is -0.297 e. The van der Waals surface area contributed by atoms with Crippen molar-refractivity contribution < 1.29 is 4.79 Å². The van der Waals surface area contributed by atoms with E-state index < -0.39 is 0 Å². The van der Waals surface area contributed by atoms with Gasteiger partial charge >= 0.3 is 0 Å². The normalized spacial score (nSPS) is 11.7. The topological polar surface area (TPSA) is 41.8 Å². The first-order chi connectivity index (χ1) is 5.61. The summed E-state index contributed by atoms with van der Waals surface area (Å²) in [6, 6.07) is 0. The highest BCUT2D eigenvalue weighted by Gasteiger charge is 1.95. The van der Waals surface area contributed by atoms with Gasteiger partial charge in [-0.05, 0) is 13.8 Å². The van der Waals surface area contributed by atoms with Crippen molar-refractivity contribution in [3.63, 3.8) is 0 Å². The van der Waals surface area contributed by atoms with Gasteiger partial charge in [0, 0.05) is 6.21 Å². The van der Waals surface area contributed by atoms with Gasteiger partial charge in [0.2, 0.25) is 0 Å². The zero-order valence-corrected chi connectivity index (χ0v) is 7.37. The van der Waals surface area contributed by atoms with Gasteiger partial charge in [-0.2, -0.15) is 0 Å². The van der Waals surface area contributed by atoms with E-state index in [9.17, 15) is 4.79 Å². The van der Waals surface area contributed by atoms with E-state index in [4.69, 9.17) is 0 Å². The standard InChI is InChI=1S/C9H12N2O/c1-5-10-8(3)9(4)11-7(2)6-12/h5-6H,3-4H2,1-2H3. The monoisotopic (exact) mass is 164 g/mol. The molecule has 0 saturated heterocycles. The van der Waals surface area contributed by atoms with E-state index in [1.165, 1.54) is 0 Å². The molecule has 0 fully saturated rings. The average Bonchev–Trinajstić information content (AvgIpc) is 2.04. The first-order valence-electron chi connectivity index (χ1n) is 3.49. The van der Waals surface area contributed by atoms with Crippen LogP contribution in [0.25, 0.3) is 0 Å². The maximum Gasteiger partial charge on any atom is 0.163 e. The molecule has 0 radical (unpaired) electrons. The zero-order valence-electron chi connectivity index (χ0n) is 7.37. The number of hydrogen-bond donors (Lipinski definition) is 0. The van der Waals surface area contributed by atoms with Gasteiger partial charge in [-0.3, -0.25) is 9.79 Å². The highest BCUT2D eigenvalue weighted by atomic mass is 16.1. The quantitative estimate of drug-likeness (QED) is 0.354. The Hall–Kier alpha value is -1.51. The molecular formula is C9H12N2O. The van der Waals surface area contributed by atoms with Crippen LogP contribution in [0.3, 0.4) is 0 Å². The van der Waals surface area contributed by atoms with Gasteiger partial charge in [-0.25, -0.2) is 4.99 Å². The molecule has 0 saturated carbocycles. The van der Waals surface area contributed by atoms with E-state index in [1.807, 2.05) is 0 Å². The molecule has 0 aromatic carbocycles. The molecule has 0 amide bonds. The van der Waals surface area contributed by atoms with Gasteiger partial charge in [-0.1, -0.05) is 13.2 Å². The Kier molecular flexibility index (Phi) is 4.53. The summed E-state index contributed by atoms with van der Waals surface area (Å²) in [7, 11) is 0. The second-order valence-electron chi connectivity index (χ2n) is 2.15. The summed E-state index contributed by atoms with van der Waals surface area (Å²) in [5, 5.41) is 0. The van der Waals surface area contributed by atoms with Crippen LogP contribution in [0.15, 0.2) is 34.5 Å². The Bertz CT molecular complexity index is 262. The third-order valence-electron chi connectivity index (χ3n) is 1.10. The zero-order chi connectivity index (χ0) is 9.56. The molecule has 0 spiro atoms. The lowest BCUT2D eigenvalue weighted by molar-refractivity contribution is -0.102. The first kappa shape index (κ1) is 10.5. The Morgan fingerprint density at radius 1 is 1.33 bits per heavy atom. The number of nitrogens with zero attached hydrogens (tertiary/aromatic N) is 2. The number of aliphatic imine (C=N–C) groups is 2. The van der Waals surface area contributed by atoms with Gasteiger partial charge in [0.05, 0.1) is 17.1 Å². The van der Waals surface area contributed by atoms with Crippen LogP contribution in [0.4, 0.5) is 0 Å². The van der Waals surface area contributed by atoms with Crippen molar-refractivity contribution in [2.75, 3.05) is 0 Å². The van der Waals surface area contributed by atoms with Crippen LogP contribution in [0.1, 0.15) is 13.8 Å². The number of hydrogen-bond acceptors (Lipinski definition) is 3. The summed E-state index contributed by atoms with van der Waals surface area (Å²) in [6.45, 7) is 10.6. The Morgan fingerprint density at radius 2 is 1.92 bits per heavy atom. The van der Waals surface area contributed by atoms with Gasteiger partial charge in [0.25, 0.3) is 0 Å². The lowest BCUT2D eigenvalue weighted by Crippen LogP contribution is -1.93. The van der Waals surface area contributed by atoms with Gasteiger partial charge < -0.3 is 0 Å². The van der Waals surface area contributed by atoms with E-state index in [2.05, 4.69) is 23.1 Å². The molecule has 0 aliphatic carbocycles. The molecule has 0 aliphatic rings. The average molecular weight is 164 g/mol. The van der Waals surface area contributed by atoms with Gasteiger partial charge in [0.15, 0.2) is 6.29 Å². The van der Waals surface area contributed by atoms with Crippen molar-refractivity contribution in [3.8, 4) is 0 Å². The minimum absolute atomic E-state index is 0.368. The second-order valence-corrected chi connectivity index (χ2v) is 2.15. The molecule has 0 atom stereocenters. The largest absolute Gasteiger partial charge is 0.297 e. The van der Waals surface area contributed by atoms with E-state index >= 15 is 0 Å². The lowest BCUT2D eigenvalue weighted by Gasteiger charge is -1.96. The maximum atomic E-state index is 10.2. The Balaban J connectivity index is 4.42. The van der Waals surface area contributed by atoms with Crippen LogP contribution in [0, 0.1) is 0 Å². The molecular weight excluding hydrogens is 152 g/mol. The SMILES string of the molecule is C=C(N=CC)C(=C)N=C(C)C=O. The smallest absolute Gasteiger partial charge is 0.163 e. The molecule has 64 valence electrons. The van der Waals surface area contributed by atoms with Gasteiger partial charge in [0.1, 0.15) is 0 Å². The van der Waals surface area contributed by atoms with Gasteiger partial charge in [-0.15, -0.1) is 0 Å². The van der Waals surface area contributed by atoms with Crippen molar-refractivity contribution in [3.05, 3.63) is 24.6 Å². The lowest BCUT2D eigenvalue weighted by atomic mass is 10.4. The third-order valence-corrected chi connectivity index (χ3v) is 1.10. The fourth-order valence-corrected chi connectivity index (χ4v) is 0.534. The number of carbonyl (C=O) groups excluding carboxylic acids is 1. The Morgan fingerprint density at radius 3 is 2.33 bits per heavy atom. The van der Waals surface area contributed by atoms with Crippen molar-refractivity contribution in [1.29, 1.82) is 0 Å². The summed E-state index contributed by atoms with van der Waals surface area (Å²) >= 11 is 0. The van der Waals surface area contributed by atoms with Crippen LogP contribution in [0.5, 0.6) is 0 Å². The minimum atomic E-state index is 0.368. The Labute approximate surface area is 72.2 Å². The molecule has 0 aliphatic heterocycles. The number of aldehydes is 1.